The van der Waals surface area contributed by atoms with Crippen molar-refractivity contribution in [3.63, 3.8) is 0 Å². The largest absolute Gasteiger partial charge is 0.352 e. The van der Waals surface area contributed by atoms with Crippen molar-refractivity contribution < 1.29 is 4.79 Å². The molecule has 0 spiro atoms. The van der Waals surface area contributed by atoms with E-state index in [0.717, 1.165) is 41.2 Å². The van der Waals surface area contributed by atoms with Crippen molar-refractivity contribution in [2.75, 3.05) is 19.6 Å². The highest BCUT2D eigenvalue weighted by atomic mass is 79.9. The van der Waals surface area contributed by atoms with E-state index in [2.05, 4.69) is 31.7 Å². The maximum absolute atomic E-state index is 12.3. The molecular formula is C18H23BrN4O. The lowest BCUT2D eigenvalue weighted by Gasteiger charge is -2.22. The fourth-order valence-electron chi connectivity index (χ4n) is 3.07. The number of carbonyl (C=O) groups excluding carboxylic acids is 1. The van der Waals surface area contributed by atoms with Gasteiger partial charge in [-0.2, -0.15) is 5.10 Å². The molecule has 6 heteroatoms. The summed E-state index contributed by atoms with van der Waals surface area (Å²) in [4.78, 5) is 12.3. The molecule has 24 heavy (non-hydrogen) atoms. The molecule has 0 aliphatic carbocycles. The van der Waals surface area contributed by atoms with Crippen molar-refractivity contribution in [3.05, 3.63) is 45.7 Å². The first-order chi connectivity index (χ1) is 11.6. The Morgan fingerprint density at radius 2 is 2.12 bits per heavy atom. The van der Waals surface area contributed by atoms with Crippen molar-refractivity contribution in [2.45, 2.75) is 26.7 Å². The number of rotatable bonds is 4. The summed E-state index contributed by atoms with van der Waals surface area (Å²) in [6, 6.07) is 7.58. The lowest BCUT2D eigenvalue weighted by atomic mass is 9.99. The van der Waals surface area contributed by atoms with Crippen molar-refractivity contribution in [1.29, 1.82) is 0 Å². The van der Waals surface area contributed by atoms with E-state index >= 15 is 0 Å². The van der Waals surface area contributed by atoms with Crippen LogP contribution in [-0.4, -0.2) is 35.3 Å². The molecule has 1 atom stereocenters. The summed E-state index contributed by atoms with van der Waals surface area (Å²) in [6.07, 6.45) is 2.37. The molecule has 2 N–H and O–H groups in total. The molecule has 5 nitrogen and oxygen atoms in total. The molecular weight excluding hydrogens is 368 g/mol. The highest BCUT2D eigenvalue weighted by Crippen LogP contribution is 2.23. The highest BCUT2D eigenvalue weighted by molar-refractivity contribution is 9.10. The Bertz CT molecular complexity index is 717. The molecule has 3 rings (SSSR count). The fraction of sp³-hybridized carbons (Fsp3) is 0.444. The van der Waals surface area contributed by atoms with E-state index in [4.69, 9.17) is 0 Å². The normalized spacial score (nSPS) is 17.7. The summed E-state index contributed by atoms with van der Waals surface area (Å²) in [5.74, 6) is 0.524. The minimum atomic E-state index is -0.0123. The van der Waals surface area contributed by atoms with Gasteiger partial charge < -0.3 is 10.6 Å². The predicted octanol–water partition coefficient (Wildman–Crippen LogP) is 2.98. The van der Waals surface area contributed by atoms with Crippen molar-refractivity contribution in [3.8, 4) is 5.69 Å². The molecule has 0 bridgehead atoms. The number of nitrogens with zero attached hydrogens (tertiary/aromatic N) is 2. The van der Waals surface area contributed by atoms with Gasteiger partial charge in [0.25, 0.3) is 5.91 Å². The number of aromatic nitrogens is 2. The lowest BCUT2D eigenvalue weighted by Crippen LogP contribution is -2.38. The molecule has 1 amide bonds. The van der Waals surface area contributed by atoms with Crippen LogP contribution in [0.3, 0.4) is 0 Å². The highest BCUT2D eigenvalue weighted by Gasteiger charge is 2.15. The first-order valence-corrected chi connectivity index (χ1v) is 9.16. The van der Waals surface area contributed by atoms with Crippen LogP contribution in [0.25, 0.3) is 5.69 Å². The van der Waals surface area contributed by atoms with E-state index in [1.165, 1.54) is 12.8 Å². The second-order valence-corrected chi connectivity index (χ2v) is 7.16. The van der Waals surface area contributed by atoms with Crippen molar-refractivity contribution >= 4 is 21.8 Å². The summed E-state index contributed by atoms with van der Waals surface area (Å²) in [5.41, 5.74) is 3.64. The van der Waals surface area contributed by atoms with Crippen LogP contribution in [0.4, 0.5) is 0 Å². The van der Waals surface area contributed by atoms with Gasteiger partial charge in [-0.1, -0.05) is 0 Å². The van der Waals surface area contributed by atoms with E-state index in [-0.39, 0.29) is 5.91 Å². The van der Waals surface area contributed by atoms with Gasteiger partial charge in [-0.3, -0.25) is 4.79 Å². The Balaban J connectivity index is 1.65. The van der Waals surface area contributed by atoms with E-state index in [1.54, 1.807) is 0 Å². The average molecular weight is 391 g/mol. The van der Waals surface area contributed by atoms with Crippen LogP contribution >= 0.6 is 15.9 Å². The van der Waals surface area contributed by atoms with Gasteiger partial charge in [0, 0.05) is 12.1 Å². The zero-order valence-corrected chi connectivity index (χ0v) is 15.7. The van der Waals surface area contributed by atoms with Crippen molar-refractivity contribution in [2.24, 2.45) is 5.92 Å². The average Bonchev–Trinajstić information content (AvgIpc) is 2.88. The Labute approximate surface area is 151 Å². The second kappa shape index (κ2) is 7.49. The molecule has 1 aliphatic heterocycles. The monoisotopic (exact) mass is 390 g/mol. The molecule has 128 valence electrons. The maximum atomic E-state index is 12.3. The summed E-state index contributed by atoms with van der Waals surface area (Å²) in [7, 11) is 0. The topological polar surface area (TPSA) is 59.0 Å². The third kappa shape index (κ3) is 3.70. The molecule has 1 fully saturated rings. The van der Waals surface area contributed by atoms with Gasteiger partial charge in [0.05, 0.1) is 21.5 Å². The number of amides is 1. The number of carbonyl (C=O) groups is 1. The zero-order chi connectivity index (χ0) is 17.1. The van der Waals surface area contributed by atoms with Gasteiger partial charge in [-0.25, -0.2) is 4.68 Å². The molecule has 2 heterocycles. The van der Waals surface area contributed by atoms with Crippen LogP contribution in [-0.2, 0) is 0 Å². The number of piperidine rings is 1. The van der Waals surface area contributed by atoms with Crippen LogP contribution in [0.1, 0.15) is 34.6 Å². The van der Waals surface area contributed by atoms with Crippen LogP contribution < -0.4 is 10.6 Å². The molecule has 1 aliphatic rings. The number of nitrogens with one attached hydrogen (secondary N) is 2. The quantitative estimate of drug-likeness (QED) is 0.843. The Kier molecular flexibility index (Phi) is 5.36. The van der Waals surface area contributed by atoms with Gasteiger partial charge in [-0.15, -0.1) is 0 Å². The molecule has 1 aromatic carbocycles. The molecule has 0 saturated carbocycles. The SMILES string of the molecule is Cc1nn(-c2ccc(C(=O)NCC3CCCNC3)cc2)c(C)c1Br. The zero-order valence-electron chi connectivity index (χ0n) is 14.1. The van der Waals surface area contributed by atoms with E-state index in [9.17, 15) is 4.79 Å². The Hall–Kier alpha value is -1.66. The van der Waals surface area contributed by atoms with Crippen LogP contribution in [0.15, 0.2) is 28.7 Å². The smallest absolute Gasteiger partial charge is 0.251 e. The maximum Gasteiger partial charge on any atom is 0.251 e. The van der Waals surface area contributed by atoms with Crippen LogP contribution in [0, 0.1) is 19.8 Å². The minimum Gasteiger partial charge on any atom is -0.352 e. The summed E-state index contributed by atoms with van der Waals surface area (Å²) in [6.45, 7) is 6.80. The van der Waals surface area contributed by atoms with Gasteiger partial charge in [0.1, 0.15) is 0 Å². The second-order valence-electron chi connectivity index (χ2n) is 6.37. The number of benzene rings is 1. The third-order valence-electron chi connectivity index (χ3n) is 4.53. The van der Waals surface area contributed by atoms with E-state index in [1.807, 2.05) is 42.8 Å². The Morgan fingerprint density at radius 3 is 2.71 bits per heavy atom. The van der Waals surface area contributed by atoms with Gasteiger partial charge >= 0.3 is 0 Å². The number of hydrogen-bond acceptors (Lipinski definition) is 3. The predicted molar refractivity (Wildman–Crippen MR) is 98.7 cm³/mol. The molecule has 0 radical (unpaired) electrons. The minimum absolute atomic E-state index is 0.0123. The molecule has 2 aromatic rings. The first kappa shape index (κ1) is 17.2. The van der Waals surface area contributed by atoms with Gasteiger partial charge in [-0.05, 0) is 85.9 Å². The van der Waals surface area contributed by atoms with Crippen LogP contribution in [0.2, 0.25) is 0 Å². The van der Waals surface area contributed by atoms with Crippen LogP contribution in [0.5, 0.6) is 0 Å². The summed E-state index contributed by atoms with van der Waals surface area (Å²) >= 11 is 3.54. The molecule has 1 aromatic heterocycles. The van der Waals surface area contributed by atoms with E-state index in [0.29, 0.717) is 11.5 Å². The standard InChI is InChI=1S/C18H23BrN4O/c1-12-17(19)13(2)23(22-12)16-7-5-15(6-8-16)18(24)21-11-14-4-3-9-20-10-14/h5-8,14,20H,3-4,9-11H2,1-2H3,(H,21,24). The van der Waals surface area contributed by atoms with E-state index < -0.39 is 0 Å². The molecule has 1 unspecified atom stereocenters. The third-order valence-corrected chi connectivity index (χ3v) is 5.67. The Morgan fingerprint density at radius 1 is 1.38 bits per heavy atom. The van der Waals surface area contributed by atoms with Gasteiger partial charge in [0.15, 0.2) is 0 Å². The summed E-state index contributed by atoms with van der Waals surface area (Å²) < 4.78 is 2.90. The first-order valence-electron chi connectivity index (χ1n) is 8.37. The number of aryl methyl sites for hydroxylation is 1. The van der Waals surface area contributed by atoms with Crippen molar-refractivity contribution in [1.82, 2.24) is 20.4 Å². The number of hydrogen-bond donors (Lipinski definition) is 2. The molecule has 1 saturated heterocycles. The number of halogens is 1. The summed E-state index contributed by atoms with van der Waals surface area (Å²) in [5, 5.41) is 10.9. The fourth-order valence-corrected chi connectivity index (χ4v) is 3.31. The lowest BCUT2D eigenvalue weighted by molar-refractivity contribution is 0.0945. The van der Waals surface area contributed by atoms with Gasteiger partial charge in [0.2, 0.25) is 0 Å².